The number of unbranched alkanes of at least 4 members (excludes halogenated alkanes) is 54. The molecule has 0 rings (SSSR count). The van der Waals surface area contributed by atoms with Crippen molar-refractivity contribution in [3.05, 3.63) is 72.9 Å². The van der Waals surface area contributed by atoms with Crippen LogP contribution < -0.4 is 0 Å². The normalized spacial score (nSPS) is 13.3. The van der Waals surface area contributed by atoms with Crippen LogP contribution in [0.2, 0.25) is 0 Å². The highest BCUT2D eigenvalue weighted by molar-refractivity contribution is 7.47. The van der Waals surface area contributed by atoms with Gasteiger partial charge >= 0.3 is 19.8 Å². The Balaban J connectivity index is 3.89. The molecule has 9 nitrogen and oxygen atoms in total. The van der Waals surface area contributed by atoms with Gasteiger partial charge in [-0.15, -0.1) is 0 Å². The fourth-order valence-corrected chi connectivity index (χ4v) is 13.4. The Morgan fingerprint density at radius 2 is 0.551 bits per heavy atom. The first-order valence-electron chi connectivity index (χ1n) is 42.7. The van der Waals surface area contributed by atoms with Gasteiger partial charge in [-0.1, -0.05) is 395 Å². The predicted octanol–water partition coefficient (Wildman–Crippen LogP) is 28.6. The lowest BCUT2D eigenvalue weighted by atomic mass is 10.0. The van der Waals surface area contributed by atoms with Gasteiger partial charge in [0.25, 0.3) is 0 Å². The zero-order valence-corrected chi connectivity index (χ0v) is 66.7. The van der Waals surface area contributed by atoms with Crippen molar-refractivity contribution in [2.45, 2.75) is 431 Å². The molecule has 0 aromatic heterocycles. The van der Waals surface area contributed by atoms with Crippen molar-refractivity contribution in [1.82, 2.24) is 0 Å². The van der Waals surface area contributed by atoms with Crippen molar-refractivity contribution < 1.29 is 42.1 Å². The lowest BCUT2D eigenvalue weighted by Crippen LogP contribution is -2.37. The van der Waals surface area contributed by atoms with Crippen molar-refractivity contribution >= 4 is 19.8 Å². The second kappa shape index (κ2) is 78.6. The maximum Gasteiger partial charge on any atom is 0.472 e. The summed E-state index contributed by atoms with van der Waals surface area (Å²) in [4.78, 5) is 36.0. The summed E-state index contributed by atoms with van der Waals surface area (Å²) in [7, 11) is 1.50. The van der Waals surface area contributed by atoms with E-state index in [9.17, 15) is 19.0 Å². The maximum absolute atomic E-state index is 12.9. The van der Waals surface area contributed by atoms with Gasteiger partial charge in [0.05, 0.1) is 27.7 Å². The molecule has 574 valence electrons. The summed E-state index contributed by atoms with van der Waals surface area (Å²) in [6.45, 7) is 4.48. The van der Waals surface area contributed by atoms with E-state index in [0.29, 0.717) is 23.9 Å². The Labute approximate surface area is 609 Å². The van der Waals surface area contributed by atoms with Crippen LogP contribution in [0.1, 0.15) is 425 Å². The number of rotatable bonds is 80. The van der Waals surface area contributed by atoms with Crippen molar-refractivity contribution in [1.29, 1.82) is 0 Å². The Morgan fingerprint density at radius 3 is 0.816 bits per heavy atom. The Morgan fingerprint density at radius 1 is 0.316 bits per heavy atom. The van der Waals surface area contributed by atoms with Crippen LogP contribution in [-0.2, 0) is 32.7 Å². The lowest BCUT2D eigenvalue weighted by molar-refractivity contribution is -0.870. The molecule has 0 bridgehead atoms. The third-order valence-corrected chi connectivity index (χ3v) is 20.2. The molecule has 0 saturated carbocycles. The number of phosphoric acid groups is 1. The second-order valence-electron chi connectivity index (χ2n) is 30.2. The van der Waals surface area contributed by atoms with E-state index in [0.717, 1.165) is 57.8 Å². The molecule has 0 aliphatic carbocycles. The smallest absolute Gasteiger partial charge is 0.462 e. The van der Waals surface area contributed by atoms with Crippen LogP contribution in [0, 0.1) is 0 Å². The van der Waals surface area contributed by atoms with E-state index in [1.807, 2.05) is 21.1 Å². The first-order valence-corrected chi connectivity index (χ1v) is 44.2. The molecular weight excluding hydrogens is 1230 g/mol. The number of hydrogen-bond donors (Lipinski definition) is 1. The number of esters is 2. The van der Waals surface area contributed by atoms with Gasteiger partial charge in [0.1, 0.15) is 19.8 Å². The van der Waals surface area contributed by atoms with Crippen LogP contribution in [-0.4, -0.2) is 74.9 Å². The van der Waals surface area contributed by atoms with Gasteiger partial charge in [0.2, 0.25) is 0 Å². The largest absolute Gasteiger partial charge is 0.472 e. The van der Waals surface area contributed by atoms with E-state index < -0.39 is 26.5 Å². The van der Waals surface area contributed by atoms with Gasteiger partial charge in [-0.2, -0.15) is 0 Å². The summed E-state index contributed by atoms with van der Waals surface area (Å²) in [6, 6.07) is 0. The minimum Gasteiger partial charge on any atom is -0.462 e. The average Bonchev–Trinajstić information content (AvgIpc) is 1.14. The number of quaternary nitrogens is 1. The summed E-state index contributed by atoms with van der Waals surface area (Å²) < 4.78 is 34.9. The first-order chi connectivity index (χ1) is 48.0. The van der Waals surface area contributed by atoms with Crippen LogP contribution in [0.5, 0.6) is 0 Å². The van der Waals surface area contributed by atoms with Crippen molar-refractivity contribution in [2.24, 2.45) is 0 Å². The number of carbonyl (C=O) groups excluding carboxylic acids is 2. The summed E-state index contributed by atoms with van der Waals surface area (Å²) in [5, 5.41) is 0. The van der Waals surface area contributed by atoms with Gasteiger partial charge in [-0.05, 0) is 89.9 Å². The van der Waals surface area contributed by atoms with E-state index >= 15 is 0 Å². The summed E-state index contributed by atoms with van der Waals surface area (Å²) in [5.74, 6) is -0.774. The summed E-state index contributed by atoms with van der Waals surface area (Å²) >= 11 is 0. The van der Waals surface area contributed by atoms with E-state index in [-0.39, 0.29) is 25.6 Å². The predicted molar refractivity (Wildman–Crippen MR) is 427 cm³/mol. The monoisotopic (exact) mass is 1400 g/mol. The SMILES string of the molecule is CCCCCCC/C=C\C/C=C\C/C=C\CCCCCCCCCCCCCCCCCCCCCCCCC(=O)OCC(COP(=O)(O)OCC[N+](C)(C)C)OC(=O)CCCCCCCCCCCCCCCCCCCCCCCC/C=C\C/C=C\C/C=C\CCCCCCC. The van der Waals surface area contributed by atoms with Gasteiger partial charge in [-0.25, -0.2) is 4.57 Å². The van der Waals surface area contributed by atoms with E-state index in [1.54, 1.807) is 0 Å². The molecule has 0 aromatic rings. The number of allylic oxidation sites excluding steroid dienone is 12. The molecule has 0 fully saturated rings. The number of nitrogens with zero attached hydrogens (tertiary/aromatic N) is 1. The molecule has 0 amide bonds. The molecule has 0 radical (unpaired) electrons. The van der Waals surface area contributed by atoms with Crippen LogP contribution in [0.3, 0.4) is 0 Å². The van der Waals surface area contributed by atoms with E-state index in [1.165, 1.54) is 334 Å². The quantitative estimate of drug-likeness (QED) is 0.0211. The third kappa shape index (κ3) is 82.4. The van der Waals surface area contributed by atoms with Crippen LogP contribution >= 0.6 is 7.82 Å². The number of phosphoric ester groups is 1. The Hall–Kier alpha value is -2.55. The highest BCUT2D eigenvalue weighted by Gasteiger charge is 2.27. The number of likely N-dealkylation sites (N-methyl/N-ethyl adjacent to an activating group) is 1. The topological polar surface area (TPSA) is 108 Å². The zero-order valence-electron chi connectivity index (χ0n) is 65.8. The van der Waals surface area contributed by atoms with Crippen molar-refractivity contribution in [3.8, 4) is 0 Å². The van der Waals surface area contributed by atoms with Crippen LogP contribution in [0.15, 0.2) is 72.9 Å². The van der Waals surface area contributed by atoms with E-state index in [2.05, 4.69) is 86.8 Å². The zero-order chi connectivity index (χ0) is 71.1. The summed E-state index contributed by atoms with van der Waals surface area (Å²) in [6.07, 6.45) is 108. The number of ether oxygens (including phenoxy) is 2. The highest BCUT2D eigenvalue weighted by atomic mass is 31.2. The molecule has 0 aliphatic heterocycles. The molecule has 98 heavy (non-hydrogen) atoms. The fourth-order valence-electron chi connectivity index (χ4n) is 12.7. The Kier molecular flexibility index (Phi) is 76.5. The lowest BCUT2D eigenvalue weighted by Gasteiger charge is -2.24. The molecule has 10 heteroatoms. The second-order valence-corrected chi connectivity index (χ2v) is 31.7. The highest BCUT2D eigenvalue weighted by Crippen LogP contribution is 2.43. The number of carbonyl (C=O) groups is 2. The minimum atomic E-state index is -4.40. The van der Waals surface area contributed by atoms with E-state index in [4.69, 9.17) is 18.5 Å². The molecule has 2 atom stereocenters. The summed E-state index contributed by atoms with van der Waals surface area (Å²) in [5.41, 5.74) is 0. The minimum absolute atomic E-state index is 0.0335. The standard InChI is InChI=1S/C88H164NO8P/c1-6-8-10-12-14-16-18-20-22-24-26-28-30-32-34-36-38-40-42-44-46-48-50-52-54-56-58-60-62-64-66-68-70-72-74-76-78-80-87(90)94-84-86(85-96-98(92,93)95-83-82-89(3,4)5)97-88(91)81-79-77-75-73-71-69-67-65-63-61-59-57-55-53-51-49-47-45-43-41-39-37-35-33-31-29-27-25-23-21-19-17-15-13-11-9-7-2/h18-21,24-27,30-33,86H,6-17,22-23,28-29,34-85H2,1-5H3/p+1/b20-18-,21-19-,26-24-,27-25-,32-30-,33-31-. The third-order valence-electron chi connectivity index (χ3n) is 19.2. The molecule has 1 N–H and O–H groups in total. The molecule has 0 heterocycles. The first kappa shape index (κ1) is 95.5. The van der Waals surface area contributed by atoms with Gasteiger partial charge in [0, 0.05) is 12.8 Å². The maximum atomic E-state index is 12.9. The Bertz CT molecular complexity index is 1890. The van der Waals surface area contributed by atoms with Crippen LogP contribution in [0.4, 0.5) is 0 Å². The molecule has 0 aromatic carbocycles. The fraction of sp³-hybridized carbons (Fsp3) is 0.841. The molecule has 0 aliphatic rings. The van der Waals surface area contributed by atoms with Crippen molar-refractivity contribution in [3.63, 3.8) is 0 Å². The molecular formula is C88H165NO8P+. The van der Waals surface area contributed by atoms with Gasteiger partial charge in [-0.3, -0.25) is 18.6 Å². The molecule has 2 unspecified atom stereocenters. The molecule has 0 saturated heterocycles. The molecule has 0 spiro atoms. The van der Waals surface area contributed by atoms with Gasteiger partial charge in [0.15, 0.2) is 6.10 Å². The van der Waals surface area contributed by atoms with Gasteiger partial charge < -0.3 is 18.9 Å². The number of hydrogen-bond acceptors (Lipinski definition) is 7. The van der Waals surface area contributed by atoms with Crippen LogP contribution in [0.25, 0.3) is 0 Å². The average molecular weight is 1400 g/mol. The van der Waals surface area contributed by atoms with Crippen molar-refractivity contribution in [2.75, 3.05) is 47.5 Å².